The zero-order chi connectivity index (χ0) is 38.5. The number of hydrogen-bond acceptors (Lipinski definition) is 5. The number of aromatic nitrogens is 4. The van der Waals surface area contributed by atoms with Crippen LogP contribution in [0.3, 0.4) is 0 Å². The smallest absolute Gasteiger partial charge is 0.657 e. The fourth-order valence-corrected chi connectivity index (χ4v) is 8.70. The largest absolute Gasteiger partial charge is 2.00 e. The van der Waals surface area contributed by atoms with Crippen LogP contribution in [0.2, 0.25) is 0 Å². The number of aryl methyl sites for hydroxylation is 6. The Balaban J connectivity index is 0.00000480. The molecule has 0 amide bonds. The molecular weight excluding hydrogens is 762 g/mol. The summed E-state index contributed by atoms with van der Waals surface area (Å²) in [5.74, 6) is 0.607. The molecule has 6 nitrogen and oxygen atoms in total. The van der Waals surface area contributed by atoms with Gasteiger partial charge in [-0.2, -0.15) is 0 Å². The van der Waals surface area contributed by atoms with E-state index in [9.17, 15) is 9.59 Å². The van der Waals surface area contributed by atoms with Gasteiger partial charge in [-0.05, 0) is 127 Å². The Kier molecular flexibility index (Phi) is 10.8. The summed E-state index contributed by atoms with van der Waals surface area (Å²) in [6.45, 7) is 14.3. The zero-order valence-electron chi connectivity index (χ0n) is 32.7. The molecule has 272 valence electrons. The third-order valence-electron chi connectivity index (χ3n) is 10.3. The van der Waals surface area contributed by atoms with E-state index in [4.69, 9.17) is 19.9 Å². The molecule has 8 bridgehead atoms. The summed E-state index contributed by atoms with van der Waals surface area (Å²) in [4.78, 5) is 45.6. The molecule has 3 aromatic carbocycles. The van der Waals surface area contributed by atoms with Gasteiger partial charge >= 0.3 is 19.5 Å². The van der Waals surface area contributed by atoms with Crippen molar-refractivity contribution in [3.63, 3.8) is 0 Å². The predicted octanol–water partition coefficient (Wildman–Crippen LogP) is 11.4. The van der Waals surface area contributed by atoms with Crippen molar-refractivity contribution in [1.29, 1.82) is 0 Å². The van der Waals surface area contributed by atoms with Crippen molar-refractivity contribution in [2.75, 3.05) is 0 Å². The normalized spacial score (nSPS) is 11.8. The summed E-state index contributed by atoms with van der Waals surface area (Å²) in [6, 6.07) is 25.1. The van der Waals surface area contributed by atoms with E-state index in [1.54, 1.807) is 6.92 Å². The Hall–Kier alpha value is -5.43. The van der Waals surface area contributed by atoms with Crippen LogP contribution in [0, 0.1) is 41.5 Å². The van der Waals surface area contributed by atoms with E-state index in [0.29, 0.717) is 22.5 Å². The summed E-state index contributed by atoms with van der Waals surface area (Å²) in [7, 11) is 0. The summed E-state index contributed by atoms with van der Waals surface area (Å²) in [5, 5.41) is 0.0911. The van der Waals surface area contributed by atoms with Gasteiger partial charge in [0.25, 0.3) is 0 Å². The number of aldehydes is 1. The summed E-state index contributed by atoms with van der Waals surface area (Å²) < 4.78 is 0. The van der Waals surface area contributed by atoms with Crippen LogP contribution in [0.4, 0.5) is 0 Å². The van der Waals surface area contributed by atoms with Crippen LogP contribution in [-0.4, -0.2) is 21.4 Å². The molecule has 0 radical (unpaired) electrons. The zero-order valence-corrected chi connectivity index (χ0v) is 36.5. The minimum atomic E-state index is 0. The minimum absolute atomic E-state index is 0. The molecular formula is C48H40N4O2SZn. The Labute approximate surface area is 344 Å². The van der Waals surface area contributed by atoms with E-state index in [1.165, 1.54) is 22.9 Å². The van der Waals surface area contributed by atoms with Gasteiger partial charge in [-0.15, -0.1) is 22.1 Å². The van der Waals surface area contributed by atoms with Gasteiger partial charge in [0.1, 0.15) is 0 Å². The van der Waals surface area contributed by atoms with E-state index in [2.05, 4.69) is 114 Å². The third-order valence-corrected chi connectivity index (χ3v) is 11.2. The number of rotatable bonds is 6. The molecule has 0 aliphatic carbocycles. The molecule has 8 heteroatoms. The van der Waals surface area contributed by atoms with Crippen molar-refractivity contribution in [1.82, 2.24) is 19.9 Å². The van der Waals surface area contributed by atoms with Crippen molar-refractivity contribution < 1.29 is 29.1 Å². The average Bonchev–Trinajstić information content (AvgIpc) is 3.97. The first-order valence-corrected chi connectivity index (χ1v) is 19.4. The Morgan fingerprint density at radius 3 is 1.46 bits per heavy atom. The van der Waals surface area contributed by atoms with Crippen molar-refractivity contribution in [3.05, 3.63) is 140 Å². The number of thioether (sulfide) groups is 1. The number of hydrogen-bond donors (Lipinski definition) is 0. The molecule has 6 aromatic rings. The van der Waals surface area contributed by atoms with E-state index in [0.717, 1.165) is 101 Å². The number of nitrogens with zero attached hydrogens (tertiary/aromatic N) is 4. The molecule has 2 aliphatic heterocycles. The number of fused-ring (bicyclic) bond motifs is 8. The first-order valence-electron chi connectivity index (χ1n) is 18.4. The maximum atomic E-state index is 12.9. The van der Waals surface area contributed by atoms with Crippen molar-refractivity contribution in [2.45, 2.75) is 54.2 Å². The standard InChI is InChI=1S/C48H41N4O2S.Zn/c1-26-20-28(3)44(29(4)21-26)47-40-14-12-36(49-40)35(24-53)37-13-15-41(50-37)48(45-30(5)22-27(2)23-31(45)6)43-19-17-39(52-43)46(38-16-18-42(47)51-38)34-10-8-33(9-11-34)25-55-32(7)54;/h8-24H,25H2,1-7H3,(H-,49,50,51,52,53);/q-1;+2/p-1. The molecule has 56 heavy (non-hydrogen) atoms. The number of carbonyl (C=O) groups excluding carboxylic acids is 2. The summed E-state index contributed by atoms with van der Waals surface area (Å²) >= 11 is 1.30. The molecule has 0 saturated heterocycles. The predicted molar refractivity (Wildman–Crippen MR) is 229 cm³/mol. The van der Waals surface area contributed by atoms with Gasteiger partial charge in [0.05, 0.1) is 22.8 Å². The second-order valence-corrected chi connectivity index (χ2v) is 15.7. The van der Waals surface area contributed by atoms with Gasteiger partial charge in [0.2, 0.25) is 0 Å². The second kappa shape index (κ2) is 15.6. The van der Waals surface area contributed by atoms with E-state index in [1.807, 2.05) is 24.3 Å². The van der Waals surface area contributed by atoms with Crippen LogP contribution in [-0.2, 0) is 30.0 Å². The van der Waals surface area contributed by atoms with Crippen LogP contribution in [0.5, 0.6) is 0 Å². The second-order valence-electron chi connectivity index (χ2n) is 14.5. The van der Waals surface area contributed by atoms with Gasteiger partial charge in [0, 0.05) is 18.2 Å². The SMILES string of the molecule is CC(=O)SCc1ccc(-c2c3nc(c(-c4c(C)cc(C)cc4C)c4ccc([n-]4)c(C=O)c4nc(c(-c5c(C)cc(C)cc5C)c5ccc2[n-]5)C=C4)C=C3)cc1.[Zn+2]. The van der Waals surface area contributed by atoms with Gasteiger partial charge in [0.15, 0.2) is 11.4 Å². The van der Waals surface area contributed by atoms with Crippen LogP contribution < -0.4 is 9.97 Å². The molecule has 0 atom stereocenters. The Bertz CT molecular complexity index is 2720. The van der Waals surface area contributed by atoms with Crippen LogP contribution >= 0.6 is 11.8 Å². The number of carbonyl (C=O) groups is 2. The molecule has 2 aliphatic rings. The van der Waals surface area contributed by atoms with Crippen LogP contribution in [0.1, 0.15) is 79.0 Å². The molecule has 0 fully saturated rings. The van der Waals surface area contributed by atoms with Crippen molar-refractivity contribution in [2.24, 2.45) is 0 Å². The van der Waals surface area contributed by atoms with Gasteiger partial charge in [-0.1, -0.05) is 95.7 Å². The first-order chi connectivity index (χ1) is 26.5. The first kappa shape index (κ1) is 38.8. The molecule has 8 rings (SSSR count). The maximum Gasteiger partial charge on any atom is 2.00 e. The number of benzene rings is 3. The molecule has 0 saturated carbocycles. The monoisotopic (exact) mass is 800 g/mol. The summed E-state index contributed by atoms with van der Waals surface area (Å²) in [6.07, 6.45) is 8.86. The van der Waals surface area contributed by atoms with E-state index in [-0.39, 0.29) is 24.6 Å². The quantitative estimate of drug-likeness (QED) is 0.122. The molecule has 3 aromatic heterocycles. The molecule has 0 spiro atoms. The van der Waals surface area contributed by atoms with E-state index >= 15 is 0 Å². The van der Waals surface area contributed by atoms with Crippen molar-refractivity contribution >= 4 is 69.5 Å². The van der Waals surface area contributed by atoms with Crippen LogP contribution in [0.15, 0.2) is 72.8 Å². The topological polar surface area (TPSA) is 88.1 Å². The van der Waals surface area contributed by atoms with Crippen LogP contribution in [0.25, 0.3) is 79.8 Å². The average molecular weight is 802 g/mol. The minimum Gasteiger partial charge on any atom is -0.657 e. The molecule has 0 N–H and O–H groups in total. The Morgan fingerprint density at radius 1 is 0.571 bits per heavy atom. The maximum absolute atomic E-state index is 12.9. The molecule has 5 heterocycles. The summed E-state index contributed by atoms with van der Waals surface area (Å²) in [5.41, 5.74) is 19.8. The van der Waals surface area contributed by atoms with Crippen molar-refractivity contribution in [3.8, 4) is 33.4 Å². The Morgan fingerprint density at radius 2 is 0.982 bits per heavy atom. The van der Waals surface area contributed by atoms with E-state index < -0.39 is 0 Å². The third kappa shape index (κ3) is 7.20. The van der Waals surface area contributed by atoms with Gasteiger partial charge in [-0.25, -0.2) is 9.97 Å². The fraction of sp³-hybridized carbons (Fsp3) is 0.167. The van der Waals surface area contributed by atoms with Gasteiger partial charge < -0.3 is 9.97 Å². The van der Waals surface area contributed by atoms with Gasteiger partial charge in [-0.3, -0.25) is 9.59 Å². The molecule has 0 unspecified atom stereocenters. The fourth-order valence-electron chi connectivity index (χ4n) is 8.14.